The number of nitrogens with one attached hydrogen (secondary N) is 1. The molecule has 0 aliphatic rings. The summed E-state index contributed by atoms with van der Waals surface area (Å²) in [4.78, 5) is 12.0. The lowest BCUT2D eigenvalue weighted by Gasteiger charge is -2.07. The molecule has 28 heavy (non-hydrogen) atoms. The van der Waals surface area contributed by atoms with Gasteiger partial charge in [-0.15, -0.1) is 0 Å². The van der Waals surface area contributed by atoms with Gasteiger partial charge in [0, 0.05) is 4.47 Å². The molecule has 3 aromatic rings. The first kappa shape index (κ1) is 19.8. The molecule has 0 spiro atoms. The minimum Gasteiger partial charge on any atom is -0.489 e. The van der Waals surface area contributed by atoms with Crippen LogP contribution in [0.25, 0.3) is 0 Å². The number of carbonyl (C=O) groups is 1. The highest BCUT2D eigenvalue weighted by Crippen LogP contribution is 2.16. The lowest BCUT2D eigenvalue weighted by Crippen LogP contribution is -2.19. The maximum Gasteiger partial charge on any atom is 0.244 e. The van der Waals surface area contributed by atoms with Crippen molar-refractivity contribution >= 4 is 28.1 Å². The molecular formula is C23H21BrN2O2. The van der Waals surface area contributed by atoms with Crippen LogP contribution in [0.5, 0.6) is 5.75 Å². The Hall–Kier alpha value is -2.92. The number of carbonyl (C=O) groups excluding carboxylic acids is 1. The number of benzene rings is 3. The summed E-state index contributed by atoms with van der Waals surface area (Å²) in [5, 5.41) is 4.04. The molecule has 3 rings (SSSR count). The molecular weight excluding hydrogens is 416 g/mol. The number of hydrogen-bond donors (Lipinski definition) is 1. The second-order valence-corrected chi connectivity index (χ2v) is 7.36. The third-order valence-electron chi connectivity index (χ3n) is 4.07. The first-order valence-electron chi connectivity index (χ1n) is 8.93. The minimum atomic E-state index is -0.150. The van der Waals surface area contributed by atoms with Gasteiger partial charge in [0.25, 0.3) is 0 Å². The van der Waals surface area contributed by atoms with E-state index in [1.165, 1.54) is 5.56 Å². The predicted molar refractivity (Wildman–Crippen MR) is 116 cm³/mol. The van der Waals surface area contributed by atoms with Gasteiger partial charge in [0.15, 0.2) is 0 Å². The van der Waals surface area contributed by atoms with E-state index >= 15 is 0 Å². The SMILES string of the molecule is Cc1ccc(CC(=O)N/N=C/c2cccc(OCc3ccc(Br)cc3)c2)cc1. The summed E-state index contributed by atoms with van der Waals surface area (Å²) in [6.07, 6.45) is 1.91. The summed E-state index contributed by atoms with van der Waals surface area (Å²) in [7, 11) is 0. The Morgan fingerprint density at radius 3 is 2.50 bits per heavy atom. The Bertz CT molecular complexity index is 951. The summed E-state index contributed by atoms with van der Waals surface area (Å²) < 4.78 is 6.86. The van der Waals surface area contributed by atoms with Crippen LogP contribution in [0.1, 0.15) is 22.3 Å². The zero-order chi connectivity index (χ0) is 19.8. The molecule has 0 atom stereocenters. The van der Waals surface area contributed by atoms with Crippen LogP contribution in [-0.2, 0) is 17.8 Å². The van der Waals surface area contributed by atoms with Crippen molar-refractivity contribution in [3.8, 4) is 5.75 Å². The largest absolute Gasteiger partial charge is 0.489 e. The Balaban J connectivity index is 1.51. The molecule has 0 heterocycles. The van der Waals surface area contributed by atoms with E-state index in [0.29, 0.717) is 13.0 Å². The minimum absolute atomic E-state index is 0.150. The van der Waals surface area contributed by atoms with Gasteiger partial charge < -0.3 is 4.74 Å². The zero-order valence-corrected chi connectivity index (χ0v) is 17.1. The van der Waals surface area contributed by atoms with E-state index in [1.807, 2.05) is 79.7 Å². The van der Waals surface area contributed by atoms with Gasteiger partial charge in [-0.25, -0.2) is 5.43 Å². The number of nitrogens with zero attached hydrogens (tertiary/aromatic N) is 1. The summed E-state index contributed by atoms with van der Waals surface area (Å²) in [5.74, 6) is 0.598. The smallest absolute Gasteiger partial charge is 0.244 e. The molecule has 0 bridgehead atoms. The van der Waals surface area contributed by atoms with E-state index in [2.05, 4.69) is 26.5 Å². The molecule has 0 saturated heterocycles. The molecule has 0 unspecified atom stereocenters. The molecule has 3 aromatic carbocycles. The topological polar surface area (TPSA) is 50.7 Å². The Morgan fingerprint density at radius 2 is 1.75 bits per heavy atom. The van der Waals surface area contributed by atoms with E-state index in [9.17, 15) is 4.79 Å². The molecule has 142 valence electrons. The highest BCUT2D eigenvalue weighted by atomic mass is 79.9. The van der Waals surface area contributed by atoms with Crippen LogP contribution in [0.3, 0.4) is 0 Å². The molecule has 4 nitrogen and oxygen atoms in total. The van der Waals surface area contributed by atoms with Gasteiger partial charge >= 0.3 is 0 Å². The second-order valence-electron chi connectivity index (χ2n) is 6.44. The van der Waals surface area contributed by atoms with Gasteiger partial charge in [-0.3, -0.25) is 4.79 Å². The van der Waals surface area contributed by atoms with Crippen LogP contribution in [-0.4, -0.2) is 12.1 Å². The first-order chi connectivity index (χ1) is 13.6. The number of rotatable bonds is 7. The average Bonchev–Trinajstić information content (AvgIpc) is 2.70. The number of ether oxygens (including phenoxy) is 1. The number of halogens is 1. The lowest BCUT2D eigenvalue weighted by atomic mass is 10.1. The van der Waals surface area contributed by atoms with Crippen LogP contribution in [0.4, 0.5) is 0 Å². The van der Waals surface area contributed by atoms with E-state index in [0.717, 1.165) is 26.9 Å². The van der Waals surface area contributed by atoms with E-state index in [1.54, 1.807) is 6.21 Å². The molecule has 0 fully saturated rings. The second kappa shape index (κ2) is 9.85. The Morgan fingerprint density at radius 1 is 1.04 bits per heavy atom. The maximum absolute atomic E-state index is 12.0. The first-order valence-corrected chi connectivity index (χ1v) is 9.72. The number of hydrazone groups is 1. The van der Waals surface area contributed by atoms with Crippen molar-refractivity contribution in [1.82, 2.24) is 5.43 Å². The molecule has 0 aliphatic heterocycles. The molecule has 0 aliphatic carbocycles. The van der Waals surface area contributed by atoms with Gasteiger partial charge in [-0.2, -0.15) is 5.10 Å². The average molecular weight is 437 g/mol. The standard InChI is InChI=1S/C23H21BrN2O2/c1-17-5-7-18(8-6-17)14-23(27)26-25-15-20-3-2-4-22(13-20)28-16-19-9-11-21(24)12-10-19/h2-13,15H,14,16H2,1H3,(H,26,27)/b25-15+. The van der Waals surface area contributed by atoms with Gasteiger partial charge in [0.05, 0.1) is 12.6 Å². The van der Waals surface area contributed by atoms with Crippen LogP contribution in [0, 0.1) is 6.92 Å². The Labute approximate surface area is 173 Å². The van der Waals surface area contributed by atoms with Gasteiger partial charge in [0.2, 0.25) is 5.91 Å². The van der Waals surface area contributed by atoms with Crippen LogP contribution >= 0.6 is 15.9 Å². The fraction of sp³-hybridized carbons (Fsp3) is 0.130. The third kappa shape index (κ3) is 6.35. The molecule has 0 saturated carbocycles. The number of hydrogen-bond acceptors (Lipinski definition) is 3. The van der Waals surface area contributed by atoms with Crippen LogP contribution in [0.2, 0.25) is 0 Å². The normalized spacial score (nSPS) is 10.8. The molecule has 1 N–H and O–H groups in total. The number of amides is 1. The zero-order valence-electron chi connectivity index (χ0n) is 15.6. The van der Waals surface area contributed by atoms with Crippen molar-refractivity contribution in [2.45, 2.75) is 20.0 Å². The predicted octanol–water partition coefficient (Wildman–Crippen LogP) is 5.03. The highest BCUT2D eigenvalue weighted by Gasteiger charge is 2.02. The van der Waals surface area contributed by atoms with E-state index in [4.69, 9.17) is 4.74 Å². The molecule has 5 heteroatoms. The van der Waals surface area contributed by atoms with Crippen molar-refractivity contribution in [2.24, 2.45) is 5.10 Å². The highest BCUT2D eigenvalue weighted by molar-refractivity contribution is 9.10. The fourth-order valence-corrected chi connectivity index (χ4v) is 2.81. The van der Waals surface area contributed by atoms with Crippen LogP contribution in [0.15, 0.2) is 82.4 Å². The van der Waals surface area contributed by atoms with Crippen LogP contribution < -0.4 is 10.2 Å². The van der Waals surface area contributed by atoms with Crippen molar-refractivity contribution < 1.29 is 9.53 Å². The van der Waals surface area contributed by atoms with Gasteiger partial charge in [0.1, 0.15) is 12.4 Å². The summed E-state index contributed by atoms with van der Waals surface area (Å²) >= 11 is 3.42. The van der Waals surface area contributed by atoms with Crippen molar-refractivity contribution in [2.75, 3.05) is 0 Å². The summed E-state index contributed by atoms with van der Waals surface area (Å²) in [5.41, 5.74) is 6.63. The van der Waals surface area contributed by atoms with Crippen molar-refractivity contribution in [1.29, 1.82) is 0 Å². The van der Waals surface area contributed by atoms with E-state index < -0.39 is 0 Å². The van der Waals surface area contributed by atoms with Gasteiger partial charge in [-0.1, -0.05) is 70.0 Å². The van der Waals surface area contributed by atoms with Crippen molar-refractivity contribution in [3.05, 3.63) is 99.5 Å². The van der Waals surface area contributed by atoms with E-state index in [-0.39, 0.29) is 5.91 Å². The van der Waals surface area contributed by atoms with Gasteiger partial charge in [-0.05, 0) is 47.9 Å². The maximum atomic E-state index is 12.0. The number of aryl methyl sites for hydroxylation is 1. The lowest BCUT2D eigenvalue weighted by molar-refractivity contribution is -0.120. The molecule has 0 aromatic heterocycles. The Kier molecular flexibility index (Phi) is 6.98. The summed E-state index contributed by atoms with van der Waals surface area (Å²) in [6, 6.07) is 23.5. The molecule has 1 amide bonds. The quantitative estimate of drug-likeness (QED) is 0.417. The summed E-state index contributed by atoms with van der Waals surface area (Å²) in [6.45, 7) is 2.51. The molecule has 0 radical (unpaired) electrons. The fourth-order valence-electron chi connectivity index (χ4n) is 2.54. The third-order valence-corrected chi connectivity index (χ3v) is 4.59. The van der Waals surface area contributed by atoms with Crippen molar-refractivity contribution in [3.63, 3.8) is 0 Å². The monoisotopic (exact) mass is 436 g/mol.